The SMILES string of the molecule is CCSc1ccc(CCN(C)CC=O)cc1. The Hall–Kier alpha value is -0.800. The molecule has 1 aromatic carbocycles. The van der Waals surface area contributed by atoms with E-state index in [2.05, 4.69) is 31.2 Å². The second kappa shape index (κ2) is 7.47. The van der Waals surface area contributed by atoms with Gasteiger partial charge < -0.3 is 4.79 Å². The molecule has 0 bridgehead atoms. The monoisotopic (exact) mass is 237 g/mol. The molecule has 0 aliphatic carbocycles. The van der Waals surface area contributed by atoms with E-state index in [0.29, 0.717) is 6.54 Å². The van der Waals surface area contributed by atoms with Gasteiger partial charge >= 0.3 is 0 Å². The predicted molar refractivity (Wildman–Crippen MR) is 70.1 cm³/mol. The first-order valence-corrected chi connectivity index (χ1v) is 6.58. The molecule has 16 heavy (non-hydrogen) atoms. The molecule has 0 atom stereocenters. The third-order valence-electron chi connectivity index (χ3n) is 2.40. The minimum absolute atomic E-state index is 0.518. The van der Waals surface area contributed by atoms with E-state index in [9.17, 15) is 4.79 Å². The van der Waals surface area contributed by atoms with Crippen molar-refractivity contribution in [3.05, 3.63) is 29.8 Å². The van der Waals surface area contributed by atoms with Gasteiger partial charge in [0.1, 0.15) is 6.29 Å². The second-order valence-electron chi connectivity index (χ2n) is 3.76. The highest BCUT2D eigenvalue weighted by Crippen LogP contribution is 2.17. The smallest absolute Gasteiger partial charge is 0.133 e. The molecule has 0 spiro atoms. The maximum Gasteiger partial charge on any atom is 0.133 e. The number of hydrogen-bond acceptors (Lipinski definition) is 3. The van der Waals surface area contributed by atoms with Crippen LogP contribution in [0.5, 0.6) is 0 Å². The number of benzene rings is 1. The van der Waals surface area contributed by atoms with Gasteiger partial charge in [-0.3, -0.25) is 4.90 Å². The summed E-state index contributed by atoms with van der Waals surface area (Å²) in [5, 5.41) is 0. The molecular formula is C13H19NOS. The van der Waals surface area contributed by atoms with Crippen molar-refractivity contribution in [2.24, 2.45) is 0 Å². The average Bonchev–Trinajstić information content (AvgIpc) is 2.29. The predicted octanol–water partition coefficient (Wildman–Crippen LogP) is 2.47. The summed E-state index contributed by atoms with van der Waals surface area (Å²) in [6.07, 6.45) is 1.95. The number of aldehydes is 1. The Morgan fingerprint density at radius 1 is 1.31 bits per heavy atom. The van der Waals surface area contributed by atoms with Crippen LogP contribution >= 0.6 is 11.8 Å². The largest absolute Gasteiger partial charge is 0.302 e. The fraction of sp³-hybridized carbons (Fsp3) is 0.462. The van der Waals surface area contributed by atoms with Crippen LogP contribution in [-0.2, 0) is 11.2 Å². The zero-order valence-corrected chi connectivity index (χ0v) is 10.8. The van der Waals surface area contributed by atoms with Gasteiger partial charge in [-0.15, -0.1) is 11.8 Å². The van der Waals surface area contributed by atoms with Gasteiger partial charge in [-0.25, -0.2) is 0 Å². The van der Waals surface area contributed by atoms with Crippen molar-refractivity contribution < 1.29 is 4.79 Å². The summed E-state index contributed by atoms with van der Waals surface area (Å²) in [5.41, 5.74) is 1.33. The van der Waals surface area contributed by atoms with Crippen molar-refractivity contribution in [1.82, 2.24) is 4.90 Å². The molecule has 1 rings (SSSR count). The van der Waals surface area contributed by atoms with E-state index >= 15 is 0 Å². The van der Waals surface area contributed by atoms with Crippen LogP contribution in [-0.4, -0.2) is 37.1 Å². The van der Waals surface area contributed by atoms with Crippen LogP contribution in [0.25, 0.3) is 0 Å². The maximum absolute atomic E-state index is 10.3. The van der Waals surface area contributed by atoms with Crippen LogP contribution in [0, 0.1) is 0 Å². The highest BCUT2D eigenvalue weighted by Gasteiger charge is 1.99. The minimum atomic E-state index is 0.518. The number of carbonyl (C=O) groups is 1. The van der Waals surface area contributed by atoms with Crippen LogP contribution in [0.4, 0.5) is 0 Å². The summed E-state index contributed by atoms with van der Waals surface area (Å²) in [5.74, 6) is 1.11. The molecule has 0 amide bonds. The van der Waals surface area contributed by atoms with Crippen LogP contribution < -0.4 is 0 Å². The van der Waals surface area contributed by atoms with Gasteiger partial charge in [-0.05, 0) is 36.9 Å². The molecule has 88 valence electrons. The van der Waals surface area contributed by atoms with Gasteiger partial charge in [-0.2, -0.15) is 0 Å². The van der Waals surface area contributed by atoms with Gasteiger partial charge in [0.2, 0.25) is 0 Å². The van der Waals surface area contributed by atoms with Crippen molar-refractivity contribution in [3.63, 3.8) is 0 Å². The Kier molecular flexibility index (Phi) is 6.19. The highest BCUT2D eigenvalue weighted by molar-refractivity contribution is 7.99. The molecule has 1 aromatic rings. The summed E-state index contributed by atoms with van der Waals surface area (Å²) < 4.78 is 0. The zero-order chi connectivity index (χ0) is 11.8. The van der Waals surface area contributed by atoms with Crippen LogP contribution in [0.1, 0.15) is 12.5 Å². The van der Waals surface area contributed by atoms with Gasteiger partial charge in [-0.1, -0.05) is 19.1 Å². The Morgan fingerprint density at radius 2 is 2.00 bits per heavy atom. The van der Waals surface area contributed by atoms with E-state index in [4.69, 9.17) is 0 Å². The number of thioether (sulfide) groups is 1. The van der Waals surface area contributed by atoms with Crippen molar-refractivity contribution in [1.29, 1.82) is 0 Å². The molecule has 0 aromatic heterocycles. The van der Waals surface area contributed by atoms with Gasteiger partial charge in [0.25, 0.3) is 0 Å². The van der Waals surface area contributed by atoms with Crippen molar-refractivity contribution in [3.8, 4) is 0 Å². The van der Waals surface area contributed by atoms with Crippen molar-refractivity contribution in [2.75, 3.05) is 25.9 Å². The second-order valence-corrected chi connectivity index (χ2v) is 5.09. The molecular weight excluding hydrogens is 218 g/mol. The van der Waals surface area contributed by atoms with Gasteiger partial charge in [0.15, 0.2) is 0 Å². The lowest BCUT2D eigenvalue weighted by molar-refractivity contribution is -0.108. The molecule has 0 radical (unpaired) electrons. The number of nitrogens with zero attached hydrogens (tertiary/aromatic N) is 1. The fourth-order valence-electron chi connectivity index (χ4n) is 1.46. The Bertz CT molecular complexity index is 310. The van der Waals surface area contributed by atoms with Crippen LogP contribution in [0.15, 0.2) is 29.2 Å². The van der Waals surface area contributed by atoms with E-state index in [-0.39, 0.29) is 0 Å². The van der Waals surface area contributed by atoms with Crippen LogP contribution in [0.2, 0.25) is 0 Å². The molecule has 0 saturated carbocycles. The number of carbonyl (C=O) groups excluding carboxylic acids is 1. The van der Waals surface area contributed by atoms with Gasteiger partial charge in [0.05, 0.1) is 6.54 Å². The number of rotatable bonds is 7. The lowest BCUT2D eigenvalue weighted by Crippen LogP contribution is -2.23. The lowest BCUT2D eigenvalue weighted by atomic mass is 10.1. The van der Waals surface area contributed by atoms with E-state index in [0.717, 1.165) is 25.0 Å². The topological polar surface area (TPSA) is 20.3 Å². The quantitative estimate of drug-likeness (QED) is 0.537. The molecule has 0 fully saturated rings. The minimum Gasteiger partial charge on any atom is -0.302 e. The van der Waals surface area contributed by atoms with Gasteiger partial charge in [0, 0.05) is 11.4 Å². The highest BCUT2D eigenvalue weighted by atomic mass is 32.2. The van der Waals surface area contributed by atoms with E-state index in [1.807, 2.05) is 23.7 Å². The first kappa shape index (κ1) is 13.3. The Labute approximate surface area is 102 Å². The third-order valence-corrected chi connectivity index (χ3v) is 3.30. The number of likely N-dealkylation sites (N-methyl/N-ethyl adjacent to an activating group) is 1. The van der Waals surface area contributed by atoms with Crippen molar-refractivity contribution in [2.45, 2.75) is 18.2 Å². The molecule has 3 heteroatoms. The van der Waals surface area contributed by atoms with Crippen molar-refractivity contribution >= 4 is 18.0 Å². The maximum atomic E-state index is 10.3. The summed E-state index contributed by atoms with van der Waals surface area (Å²) >= 11 is 1.86. The number of hydrogen-bond donors (Lipinski definition) is 0. The Morgan fingerprint density at radius 3 is 2.56 bits per heavy atom. The van der Waals surface area contributed by atoms with Crippen LogP contribution in [0.3, 0.4) is 0 Å². The first-order chi connectivity index (χ1) is 7.76. The lowest BCUT2D eigenvalue weighted by Gasteiger charge is -2.12. The summed E-state index contributed by atoms with van der Waals surface area (Å²) in [6, 6.07) is 8.69. The first-order valence-electron chi connectivity index (χ1n) is 5.60. The molecule has 0 aliphatic heterocycles. The average molecular weight is 237 g/mol. The standard InChI is InChI=1S/C13H19NOS/c1-3-16-13-6-4-12(5-7-13)8-9-14(2)10-11-15/h4-7,11H,3,8-10H2,1-2H3. The van der Waals surface area contributed by atoms with E-state index < -0.39 is 0 Å². The fourth-order valence-corrected chi connectivity index (χ4v) is 2.12. The summed E-state index contributed by atoms with van der Waals surface area (Å²) in [6.45, 7) is 3.61. The van der Waals surface area contributed by atoms with E-state index in [1.54, 1.807) is 0 Å². The van der Waals surface area contributed by atoms with E-state index in [1.165, 1.54) is 10.5 Å². The third kappa shape index (κ3) is 4.81. The zero-order valence-electron chi connectivity index (χ0n) is 9.98. The molecule has 0 unspecified atom stereocenters. The molecule has 0 saturated heterocycles. The molecule has 0 aliphatic rings. The molecule has 0 heterocycles. The summed E-state index contributed by atoms with van der Waals surface area (Å²) in [7, 11) is 1.97. The molecule has 2 nitrogen and oxygen atoms in total. The Balaban J connectivity index is 2.39. The summed E-state index contributed by atoms with van der Waals surface area (Å²) in [4.78, 5) is 13.7. The normalized spacial score (nSPS) is 10.7. The molecule has 0 N–H and O–H groups in total.